The van der Waals surface area contributed by atoms with E-state index in [-0.39, 0.29) is 0 Å². The van der Waals surface area contributed by atoms with Gasteiger partial charge in [-0.25, -0.2) is 14.4 Å². The largest absolute Gasteiger partial charge is 0.495 e. The summed E-state index contributed by atoms with van der Waals surface area (Å²) in [5.74, 6) is 0. The van der Waals surface area contributed by atoms with E-state index in [0.717, 1.165) is 0 Å². The molecule has 0 aromatic carbocycles. The first-order chi connectivity index (χ1) is 6.75. The van der Waals surface area contributed by atoms with E-state index in [0.29, 0.717) is 0 Å². The van der Waals surface area contributed by atoms with Crippen molar-refractivity contribution in [2.75, 3.05) is 6.61 Å². The Morgan fingerprint density at radius 3 is 1.87 bits per heavy atom. The van der Waals surface area contributed by atoms with Crippen molar-refractivity contribution in [2.24, 2.45) is 0 Å². The van der Waals surface area contributed by atoms with Crippen molar-refractivity contribution < 1.29 is 42.1 Å². The van der Waals surface area contributed by atoms with E-state index in [2.05, 4.69) is 9.47 Å². The molecule has 0 heterocycles. The summed E-state index contributed by atoms with van der Waals surface area (Å²) in [6.07, 6.45) is -7.30. The predicted octanol–water partition coefficient (Wildman–Crippen LogP) is 2.22. The summed E-state index contributed by atoms with van der Waals surface area (Å²) in [7, 11) is 0. The second kappa shape index (κ2) is 8.78. The van der Waals surface area contributed by atoms with Crippen LogP contribution >= 0.6 is 0 Å². The molecular formula is C6H7F3O6. The highest BCUT2D eigenvalue weighted by atomic mass is 19.2. The predicted molar refractivity (Wildman–Crippen MR) is 38.6 cm³/mol. The highest BCUT2D eigenvalue weighted by molar-refractivity contribution is 5.59. The Hall–Kier alpha value is -1.80. The van der Waals surface area contributed by atoms with Gasteiger partial charge < -0.3 is 14.6 Å². The number of ether oxygens (including phenoxy) is 2. The normalized spacial score (nSPS) is 10.4. The fourth-order valence-electron chi connectivity index (χ4n) is 0.375. The minimum absolute atomic E-state index is 0.495. The van der Waals surface area contributed by atoms with Crippen LogP contribution in [0, 0.1) is 0 Å². The zero-order valence-electron chi connectivity index (χ0n) is 7.41. The monoisotopic (exact) mass is 232 g/mol. The van der Waals surface area contributed by atoms with Crippen LogP contribution < -0.4 is 0 Å². The van der Waals surface area contributed by atoms with Gasteiger partial charge >= 0.3 is 18.7 Å². The molecular weight excluding hydrogens is 225 g/mol. The Balaban J connectivity index is 0. The van der Waals surface area contributed by atoms with Crippen molar-refractivity contribution in [1.29, 1.82) is 0 Å². The van der Waals surface area contributed by atoms with E-state index in [1.807, 2.05) is 0 Å². The number of hydrogen-bond acceptors (Lipinski definition) is 5. The molecule has 0 spiro atoms. The SMILES string of the molecule is CC(COC(=O)F)OC(=O)F.O=C(O)F. The van der Waals surface area contributed by atoms with E-state index in [4.69, 9.17) is 9.90 Å². The topological polar surface area (TPSA) is 89.9 Å². The van der Waals surface area contributed by atoms with Gasteiger partial charge in [0.1, 0.15) is 12.7 Å². The maximum atomic E-state index is 11.4. The maximum Gasteiger partial charge on any atom is 0.495 e. The molecule has 0 rings (SSSR count). The molecule has 9 heteroatoms. The van der Waals surface area contributed by atoms with Crippen LogP contribution in [0.1, 0.15) is 6.92 Å². The molecule has 0 radical (unpaired) electrons. The average molecular weight is 232 g/mol. The van der Waals surface area contributed by atoms with E-state index in [1.165, 1.54) is 6.92 Å². The lowest BCUT2D eigenvalue weighted by Gasteiger charge is -2.07. The van der Waals surface area contributed by atoms with Crippen molar-refractivity contribution in [3.8, 4) is 0 Å². The van der Waals surface area contributed by atoms with E-state index < -0.39 is 31.4 Å². The lowest BCUT2D eigenvalue weighted by atomic mass is 10.4. The summed E-state index contributed by atoms with van der Waals surface area (Å²) in [5.41, 5.74) is 0. The molecule has 0 bridgehead atoms. The van der Waals surface area contributed by atoms with E-state index in [1.54, 1.807) is 0 Å². The third-order valence-corrected chi connectivity index (χ3v) is 0.725. The summed E-state index contributed by atoms with van der Waals surface area (Å²) in [5, 5.41) is 6.75. The van der Waals surface area contributed by atoms with Crippen molar-refractivity contribution in [3.05, 3.63) is 0 Å². The van der Waals surface area contributed by atoms with Crippen molar-refractivity contribution >= 4 is 18.7 Å². The lowest BCUT2D eigenvalue weighted by Crippen LogP contribution is -2.18. The molecule has 6 nitrogen and oxygen atoms in total. The van der Waals surface area contributed by atoms with E-state index in [9.17, 15) is 22.8 Å². The van der Waals surface area contributed by atoms with Gasteiger partial charge in [-0.3, -0.25) is 0 Å². The smallest absolute Gasteiger partial charge is 0.456 e. The summed E-state index contributed by atoms with van der Waals surface area (Å²) >= 11 is 0. The van der Waals surface area contributed by atoms with Gasteiger partial charge in [0.2, 0.25) is 0 Å². The fraction of sp³-hybridized carbons (Fsp3) is 0.500. The van der Waals surface area contributed by atoms with Crippen LogP contribution in [0.3, 0.4) is 0 Å². The Labute approximate surface area is 81.6 Å². The number of hydrogen-bond donors (Lipinski definition) is 1. The first-order valence-corrected chi connectivity index (χ1v) is 3.32. The molecule has 1 N–H and O–H groups in total. The van der Waals surface area contributed by atoms with Crippen LogP contribution in [-0.4, -0.2) is 36.5 Å². The van der Waals surface area contributed by atoms with Crippen molar-refractivity contribution in [1.82, 2.24) is 0 Å². The minimum atomic E-state index is -2.33. The van der Waals surface area contributed by atoms with Crippen LogP contribution in [0.15, 0.2) is 0 Å². The first kappa shape index (κ1) is 15.7. The van der Waals surface area contributed by atoms with Crippen LogP contribution in [0.2, 0.25) is 0 Å². The minimum Gasteiger partial charge on any atom is -0.456 e. The number of carbonyl (C=O) groups excluding carboxylic acids is 2. The summed E-state index contributed by atoms with van der Waals surface area (Å²) in [4.78, 5) is 27.4. The molecule has 1 atom stereocenters. The number of rotatable bonds is 3. The average Bonchev–Trinajstić information content (AvgIpc) is 1.98. The number of carbonyl (C=O) groups is 3. The first-order valence-electron chi connectivity index (χ1n) is 3.32. The molecule has 0 aromatic rings. The summed E-state index contributed by atoms with van der Waals surface area (Å²) < 4.78 is 40.2. The van der Waals surface area contributed by atoms with Gasteiger partial charge in [0.25, 0.3) is 0 Å². The lowest BCUT2D eigenvalue weighted by molar-refractivity contribution is 0.0333. The third kappa shape index (κ3) is 24.5. The molecule has 0 aliphatic rings. The Bertz CT molecular complexity index is 227. The standard InChI is InChI=1S/C5H6F2O4.CHFO2/c1-3(11-5(7)9)2-10-4(6)8;2-1(3)4/h3H,2H2,1H3;(H,3,4). The molecule has 0 fully saturated rings. The Morgan fingerprint density at radius 2 is 1.60 bits per heavy atom. The molecule has 0 saturated carbocycles. The second-order valence-electron chi connectivity index (χ2n) is 1.97. The molecule has 15 heavy (non-hydrogen) atoms. The van der Waals surface area contributed by atoms with Crippen LogP contribution in [0.5, 0.6) is 0 Å². The third-order valence-electron chi connectivity index (χ3n) is 0.725. The van der Waals surface area contributed by atoms with Gasteiger partial charge in [0.05, 0.1) is 0 Å². The summed E-state index contributed by atoms with van der Waals surface area (Å²) in [6, 6.07) is 0. The Kier molecular flexibility index (Phi) is 9.17. The molecule has 0 amide bonds. The highest BCUT2D eigenvalue weighted by Gasteiger charge is 2.10. The van der Waals surface area contributed by atoms with Crippen molar-refractivity contribution in [3.63, 3.8) is 0 Å². The van der Waals surface area contributed by atoms with Gasteiger partial charge in [0, 0.05) is 0 Å². The maximum absolute atomic E-state index is 11.4. The van der Waals surface area contributed by atoms with Crippen LogP contribution in [0.4, 0.5) is 27.6 Å². The van der Waals surface area contributed by atoms with Gasteiger partial charge in [-0.05, 0) is 6.92 Å². The van der Waals surface area contributed by atoms with E-state index >= 15 is 0 Å². The van der Waals surface area contributed by atoms with Crippen LogP contribution in [0.25, 0.3) is 0 Å². The summed E-state index contributed by atoms with van der Waals surface area (Å²) in [6.45, 7) is 0.755. The van der Waals surface area contributed by atoms with Gasteiger partial charge in [-0.15, -0.1) is 13.2 Å². The van der Waals surface area contributed by atoms with Gasteiger partial charge in [-0.1, -0.05) is 0 Å². The molecule has 0 aromatic heterocycles. The molecule has 0 aliphatic carbocycles. The van der Waals surface area contributed by atoms with Crippen molar-refractivity contribution in [2.45, 2.75) is 13.0 Å². The second-order valence-corrected chi connectivity index (χ2v) is 1.97. The quantitative estimate of drug-likeness (QED) is 0.750. The molecule has 0 aliphatic heterocycles. The zero-order chi connectivity index (χ0) is 12.4. The van der Waals surface area contributed by atoms with Gasteiger partial charge in [0.15, 0.2) is 0 Å². The zero-order valence-corrected chi connectivity index (χ0v) is 7.41. The Morgan fingerprint density at radius 1 is 1.20 bits per heavy atom. The number of carboxylic acid groups (broad SMARTS) is 1. The fourth-order valence-corrected chi connectivity index (χ4v) is 0.375. The molecule has 88 valence electrons. The van der Waals surface area contributed by atoms with Gasteiger partial charge in [-0.2, -0.15) is 0 Å². The highest BCUT2D eigenvalue weighted by Crippen LogP contribution is 1.95. The molecule has 1 unspecified atom stereocenters. The number of halogens is 3. The molecule has 0 saturated heterocycles. The van der Waals surface area contributed by atoms with Crippen LogP contribution in [-0.2, 0) is 9.47 Å².